The molecule has 0 radical (unpaired) electrons. The van der Waals surface area contributed by atoms with Crippen molar-refractivity contribution < 1.29 is 9.59 Å². The van der Waals surface area contributed by atoms with Crippen LogP contribution in [0, 0.1) is 0 Å². The third kappa shape index (κ3) is 3.52. The Hall–Kier alpha value is -5.55. The quantitative estimate of drug-likeness (QED) is 0.173. The van der Waals surface area contributed by atoms with Crippen molar-refractivity contribution >= 4 is 50.4 Å². The molecule has 0 saturated carbocycles. The molecule has 2 aromatic heterocycles. The van der Waals surface area contributed by atoms with Gasteiger partial charge < -0.3 is 4.57 Å². The number of hydrogen-bond acceptors (Lipinski definition) is 3. The Labute approximate surface area is 235 Å². The van der Waals surface area contributed by atoms with Crippen molar-refractivity contribution in [3.63, 3.8) is 0 Å². The second-order valence-corrected chi connectivity index (χ2v) is 10.5. The van der Waals surface area contributed by atoms with Crippen LogP contribution in [0.5, 0.6) is 0 Å². The molecule has 2 heterocycles. The summed E-state index contributed by atoms with van der Waals surface area (Å²) >= 11 is 0. The lowest BCUT2D eigenvalue weighted by molar-refractivity contribution is 0.0990. The largest absolute Gasteiger partial charge is 0.327 e. The Kier molecular flexibility index (Phi) is 4.97. The number of rotatable bonds is 3. The zero-order valence-corrected chi connectivity index (χ0v) is 22.2. The van der Waals surface area contributed by atoms with Gasteiger partial charge in [-0.2, -0.15) is 0 Å². The van der Waals surface area contributed by atoms with Crippen molar-refractivity contribution in [3.8, 4) is 16.9 Å². The smallest absolute Gasteiger partial charge is 0.197 e. The molecular weight excluding hydrogens is 506 g/mol. The number of fused-ring (bicyclic) bond motifs is 4. The van der Waals surface area contributed by atoms with Gasteiger partial charge in [-0.25, -0.2) is 4.98 Å². The number of aromatic nitrogens is 3. The molecule has 0 atom stereocenters. The van der Waals surface area contributed by atoms with E-state index in [-0.39, 0.29) is 17.1 Å². The highest BCUT2D eigenvalue weighted by Crippen LogP contribution is 2.35. The van der Waals surface area contributed by atoms with Crippen LogP contribution in [-0.4, -0.2) is 25.7 Å². The van der Waals surface area contributed by atoms with Crippen molar-refractivity contribution in [1.82, 2.24) is 14.1 Å². The maximum atomic E-state index is 13.6. The van der Waals surface area contributed by atoms with Gasteiger partial charge in [0.1, 0.15) is 5.82 Å². The second kappa shape index (κ2) is 8.73. The molecule has 0 N–H and O–H groups in total. The molecule has 1 aliphatic rings. The molecule has 7 aromatic rings. The van der Waals surface area contributed by atoms with Gasteiger partial charge in [0, 0.05) is 23.9 Å². The molecule has 0 aliphatic heterocycles. The van der Waals surface area contributed by atoms with E-state index in [0.717, 1.165) is 49.7 Å². The summed E-state index contributed by atoms with van der Waals surface area (Å²) in [6.45, 7) is 0. The van der Waals surface area contributed by atoms with Crippen LogP contribution in [0.15, 0.2) is 121 Å². The van der Waals surface area contributed by atoms with Gasteiger partial charge in [0.15, 0.2) is 17.2 Å². The predicted octanol–water partition coefficient (Wildman–Crippen LogP) is 7.80. The highest BCUT2D eigenvalue weighted by atomic mass is 16.2. The van der Waals surface area contributed by atoms with Crippen LogP contribution in [0.1, 0.15) is 26.5 Å². The molecule has 0 spiro atoms. The summed E-state index contributed by atoms with van der Waals surface area (Å²) in [5, 5.41) is 4.10. The van der Waals surface area contributed by atoms with Gasteiger partial charge in [0.2, 0.25) is 0 Å². The normalized spacial score (nSPS) is 13.0. The number of Topliss-reactive ketones (excluding diaryl/α,β-unsaturated/α-hetero) is 2. The van der Waals surface area contributed by atoms with Gasteiger partial charge >= 0.3 is 0 Å². The Morgan fingerprint density at radius 1 is 0.634 bits per heavy atom. The SMILES string of the molecule is Cn1c(-c2ccccc2)cc2c1nc(C=C1C(=O)c3cc4ccccc4cc3C1=O)n2-c1ccc2ccccc2c1. The highest BCUT2D eigenvalue weighted by Gasteiger charge is 2.34. The van der Waals surface area contributed by atoms with Crippen LogP contribution in [0.3, 0.4) is 0 Å². The number of nitrogens with zero attached hydrogens (tertiary/aromatic N) is 3. The monoisotopic (exact) mass is 529 g/mol. The number of allylic oxidation sites excluding steroid dienone is 1. The van der Waals surface area contributed by atoms with Crippen LogP contribution < -0.4 is 0 Å². The predicted molar refractivity (Wildman–Crippen MR) is 164 cm³/mol. The van der Waals surface area contributed by atoms with Crippen LogP contribution in [0.4, 0.5) is 0 Å². The molecule has 5 aromatic carbocycles. The van der Waals surface area contributed by atoms with E-state index in [4.69, 9.17) is 4.98 Å². The summed E-state index contributed by atoms with van der Waals surface area (Å²) in [4.78, 5) is 32.2. The average molecular weight is 530 g/mol. The maximum absolute atomic E-state index is 13.6. The summed E-state index contributed by atoms with van der Waals surface area (Å²) in [7, 11) is 1.99. The Morgan fingerprint density at radius 2 is 1.22 bits per heavy atom. The van der Waals surface area contributed by atoms with Crippen LogP contribution >= 0.6 is 0 Å². The van der Waals surface area contributed by atoms with E-state index < -0.39 is 0 Å². The van der Waals surface area contributed by atoms with Crippen molar-refractivity contribution in [2.75, 3.05) is 0 Å². The molecule has 0 fully saturated rings. The number of imidazole rings is 1. The molecule has 0 saturated heterocycles. The molecule has 1 aliphatic carbocycles. The van der Waals surface area contributed by atoms with Crippen molar-refractivity contribution in [2.45, 2.75) is 0 Å². The van der Waals surface area contributed by atoms with Crippen molar-refractivity contribution in [2.24, 2.45) is 7.05 Å². The Balaban J connectivity index is 1.35. The highest BCUT2D eigenvalue weighted by molar-refractivity contribution is 6.42. The van der Waals surface area contributed by atoms with Crippen LogP contribution in [0.25, 0.3) is 55.7 Å². The minimum absolute atomic E-state index is 0.135. The zero-order valence-electron chi connectivity index (χ0n) is 22.2. The van der Waals surface area contributed by atoms with Gasteiger partial charge in [-0.05, 0) is 63.5 Å². The lowest BCUT2D eigenvalue weighted by Gasteiger charge is -2.09. The average Bonchev–Trinajstić information content (AvgIpc) is 3.61. The zero-order chi connectivity index (χ0) is 27.7. The van der Waals surface area contributed by atoms with Crippen LogP contribution in [0.2, 0.25) is 0 Å². The molecule has 5 heteroatoms. The number of hydrogen-bond donors (Lipinski definition) is 0. The van der Waals surface area contributed by atoms with Gasteiger partial charge in [-0.1, -0.05) is 84.9 Å². The summed E-state index contributed by atoms with van der Waals surface area (Å²) in [6.07, 6.45) is 1.66. The first-order chi connectivity index (χ1) is 20.1. The number of aryl methyl sites for hydroxylation is 1. The second-order valence-electron chi connectivity index (χ2n) is 10.5. The molecule has 194 valence electrons. The lowest BCUT2D eigenvalue weighted by atomic mass is 10.0. The number of carbonyl (C=O) groups excluding carboxylic acids is 2. The van der Waals surface area contributed by atoms with Gasteiger partial charge in [0.05, 0.1) is 16.8 Å². The fraction of sp³-hybridized carbons (Fsp3) is 0.0278. The third-order valence-electron chi connectivity index (χ3n) is 8.07. The van der Waals surface area contributed by atoms with E-state index >= 15 is 0 Å². The van der Waals surface area contributed by atoms with Crippen molar-refractivity contribution in [1.29, 1.82) is 0 Å². The topological polar surface area (TPSA) is 56.9 Å². The van der Waals surface area contributed by atoms with Crippen molar-refractivity contribution in [3.05, 3.63) is 138 Å². The fourth-order valence-corrected chi connectivity index (χ4v) is 5.99. The Bertz CT molecular complexity index is 2190. The summed E-state index contributed by atoms with van der Waals surface area (Å²) in [6, 6.07) is 38.2. The molecule has 41 heavy (non-hydrogen) atoms. The first-order valence-corrected chi connectivity index (χ1v) is 13.5. The molecule has 0 amide bonds. The molecule has 0 bridgehead atoms. The van der Waals surface area contributed by atoms with E-state index in [0.29, 0.717) is 17.0 Å². The van der Waals surface area contributed by atoms with Gasteiger partial charge in [0.25, 0.3) is 0 Å². The molecule has 8 rings (SSSR count). The third-order valence-corrected chi connectivity index (χ3v) is 8.07. The standard InChI is InChI=1S/C36H23N3O2/c1-38-31(23-10-3-2-4-11-23)21-32-36(38)37-33(39(32)27-16-15-22-9-5-6-12-24(22)17-27)20-30-34(40)28-18-25-13-7-8-14-26(25)19-29(28)35(30)41/h2-21H,1H3. The van der Waals surface area contributed by atoms with Gasteiger partial charge in [-0.3, -0.25) is 14.2 Å². The van der Waals surface area contributed by atoms with E-state index in [1.165, 1.54) is 0 Å². The van der Waals surface area contributed by atoms with E-state index in [1.807, 2.05) is 78.3 Å². The fourth-order valence-electron chi connectivity index (χ4n) is 5.99. The van der Waals surface area contributed by atoms with Gasteiger partial charge in [-0.15, -0.1) is 0 Å². The summed E-state index contributed by atoms with van der Waals surface area (Å²) in [5.74, 6) is 0.00486. The van der Waals surface area contributed by atoms with E-state index in [1.54, 1.807) is 6.08 Å². The van der Waals surface area contributed by atoms with E-state index in [9.17, 15) is 9.59 Å². The minimum atomic E-state index is -0.266. The summed E-state index contributed by atoms with van der Waals surface area (Å²) in [5.41, 5.74) is 5.71. The Morgan fingerprint density at radius 3 is 1.88 bits per heavy atom. The van der Waals surface area contributed by atoms with Crippen LogP contribution in [-0.2, 0) is 7.05 Å². The summed E-state index contributed by atoms with van der Waals surface area (Å²) < 4.78 is 4.10. The van der Waals surface area contributed by atoms with E-state index in [2.05, 4.69) is 53.1 Å². The molecule has 0 unspecified atom stereocenters. The minimum Gasteiger partial charge on any atom is -0.327 e. The molecular formula is C36H23N3O2. The number of ketones is 2. The first kappa shape index (κ1) is 23.3. The first-order valence-electron chi connectivity index (χ1n) is 13.5. The number of carbonyl (C=O) groups is 2. The maximum Gasteiger partial charge on any atom is 0.197 e. The lowest BCUT2D eigenvalue weighted by Crippen LogP contribution is -2.04. The molecule has 5 nitrogen and oxygen atoms in total. The number of benzene rings is 5.